The first-order valence-corrected chi connectivity index (χ1v) is 11.8. The molecule has 2 heterocycles. The SMILES string of the molecule is CCC[C@]1(C(=O)OC)N[C@H](c2cc(OC)ccc2OC)[C@H]2C(=O)N(c3cccc(C(C)=O)c3)C(=O)[C@@H]21. The smallest absolute Gasteiger partial charge is 0.326 e. The Bertz CT molecular complexity index is 1230. The van der Waals surface area contributed by atoms with Crippen molar-refractivity contribution in [3.05, 3.63) is 53.6 Å². The largest absolute Gasteiger partial charge is 0.497 e. The first-order valence-electron chi connectivity index (χ1n) is 11.8. The van der Waals surface area contributed by atoms with Crippen molar-refractivity contribution in [3.8, 4) is 11.5 Å². The second kappa shape index (κ2) is 9.73. The lowest BCUT2D eigenvalue weighted by Gasteiger charge is -2.32. The topological polar surface area (TPSA) is 111 Å². The van der Waals surface area contributed by atoms with Crippen molar-refractivity contribution in [2.75, 3.05) is 26.2 Å². The van der Waals surface area contributed by atoms with Crippen molar-refractivity contribution in [1.82, 2.24) is 5.32 Å². The highest BCUT2D eigenvalue weighted by Crippen LogP contribution is 2.53. The molecule has 2 aromatic rings. The molecule has 2 amide bonds. The van der Waals surface area contributed by atoms with Crippen LogP contribution in [0.1, 0.15) is 48.7 Å². The molecule has 190 valence electrons. The van der Waals surface area contributed by atoms with E-state index in [1.54, 1.807) is 36.4 Å². The molecule has 0 spiro atoms. The summed E-state index contributed by atoms with van der Waals surface area (Å²) in [7, 11) is 4.31. The van der Waals surface area contributed by atoms with Crippen LogP contribution in [0.5, 0.6) is 11.5 Å². The first kappa shape index (κ1) is 25.4. The number of Topliss-reactive ketones (excluding diaryl/α,β-unsaturated/α-hetero) is 1. The highest BCUT2D eigenvalue weighted by atomic mass is 16.5. The lowest BCUT2D eigenvalue weighted by Crippen LogP contribution is -2.56. The molecule has 4 rings (SSSR count). The lowest BCUT2D eigenvalue weighted by atomic mass is 9.77. The molecule has 1 N–H and O–H groups in total. The maximum Gasteiger partial charge on any atom is 0.326 e. The number of methoxy groups -OCH3 is 3. The van der Waals surface area contributed by atoms with Gasteiger partial charge >= 0.3 is 5.97 Å². The number of carbonyl (C=O) groups excluding carboxylic acids is 4. The molecule has 0 radical (unpaired) electrons. The van der Waals surface area contributed by atoms with Gasteiger partial charge in [0.2, 0.25) is 11.8 Å². The van der Waals surface area contributed by atoms with Gasteiger partial charge in [0.05, 0.1) is 38.9 Å². The summed E-state index contributed by atoms with van der Waals surface area (Å²) in [5, 5.41) is 3.33. The molecule has 36 heavy (non-hydrogen) atoms. The maximum atomic E-state index is 14.0. The van der Waals surface area contributed by atoms with Gasteiger partial charge in [0, 0.05) is 17.2 Å². The number of nitrogens with zero attached hydrogens (tertiary/aromatic N) is 1. The van der Waals surface area contributed by atoms with E-state index in [0.29, 0.717) is 34.7 Å². The Morgan fingerprint density at radius 3 is 2.39 bits per heavy atom. The average molecular weight is 495 g/mol. The summed E-state index contributed by atoms with van der Waals surface area (Å²) < 4.78 is 16.2. The molecule has 2 aliphatic heterocycles. The molecule has 0 saturated carbocycles. The quantitative estimate of drug-likeness (QED) is 0.339. The molecule has 9 nitrogen and oxygen atoms in total. The number of amides is 2. The number of benzene rings is 2. The van der Waals surface area contributed by atoms with Crippen LogP contribution in [0, 0.1) is 11.8 Å². The first-order chi connectivity index (χ1) is 17.2. The number of esters is 1. The number of imide groups is 1. The Hall–Kier alpha value is -3.72. The maximum absolute atomic E-state index is 14.0. The Labute approximate surface area is 209 Å². The van der Waals surface area contributed by atoms with Gasteiger partial charge < -0.3 is 14.2 Å². The minimum Gasteiger partial charge on any atom is -0.497 e. The Morgan fingerprint density at radius 2 is 1.78 bits per heavy atom. The van der Waals surface area contributed by atoms with E-state index in [-0.39, 0.29) is 12.2 Å². The zero-order chi connectivity index (χ0) is 26.2. The molecular weight excluding hydrogens is 464 g/mol. The summed E-state index contributed by atoms with van der Waals surface area (Å²) in [5.74, 6) is -2.67. The van der Waals surface area contributed by atoms with Crippen molar-refractivity contribution >= 4 is 29.3 Å². The van der Waals surface area contributed by atoms with E-state index < -0.39 is 41.2 Å². The van der Waals surface area contributed by atoms with Crippen LogP contribution in [0.2, 0.25) is 0 Å². The van der Waals surface area contributed by atoms with E-state index in [1.165, 1.54) is 34.3 Å². The van der Waals surface area contributed by atoms with Gasteiger partial charge in [-0.15, -0.1) is 0 Å². The van der Waals surface area contributed by atoms with Crippen molar-refractivity contribution in [2.24, 2.45) is 11.8 Å². The normalized spacial score (nSPS) is 25.0. The summed E-state index contributed by atoms with van der Waals surface area (Å²) in [6.07, 6.45) is 0.846. The highest BCUT2D eigenvalue weighted by Gasteiger charge is 2.68. The number of hydrogen-bond acceptors (Lipinski definition) is 8. The monoisotopic (exact) mass is 494 g/mol. The van der Waals surface area contributed by atoms with Gasteiger partial charge in [-0.05, 0) is 43.7 Å². The number of nitrogens with one attached hydrogen (secondary N) is 1. The van der Waals surface area contributed by atoms with E-state index in [9.17, 15) is 19.2 Å². The second-order valence-corrected chi connectivity index (χ2v) is 9.06. The van der Waals surface area contributed by atoms with Crippen LogP contribution < -0.4 is 19.7 Å². The predicted molar refractivity (Wildman–Crippen MR) is 131 cm³/mol. The third kappa shape index (κ3) is 3.83. The van der Waals surface area contributed by atoms with Crippen LogP contribution in [0.4, 0.5) is 5.69 Å². The van der Waals surface area contributed by atoms with Gasteiger partial charge in [-0.2, -0.15) is 0 Å². The summed E-state index contributed by atoms with van der Waals surface area (Å²) in [5.41, 5.74) is -0.165. The second-order valence-electron chi connectivity index (χ2n) is 9.06. The van der Waals surface area contributed by atoms with Gasteiger partial charge in [-0.3, -0.25) is 24.5 Å². The Balaban J connectivity index is 1.91. The fraction of sp³-hybridized carbons (Fsp3) is 0.407. The molecule has 0 unspecified atom stereocenters. The molecule has 2 fully saturated rings. The molecule has 9 heteroatoms. The molecule has 0 aromatic heterocycles. The van der Waals surface area contributed by atoms with Crippen LogP contribution in [-0.2, 0) is 19.1 Å². The van der Waals surface area contributed by atoms with Gasteiger partial charge in [0.1, 0.15) is 17.0 Å². The van der Waals surface area contributed by atoms with Crippen molar-refractivity contribution in [2.45, 2.75) is 38.3 Å². The van der Waals surface area contributed by atoms with Crippen LogP contribution in [-0.4, -0.2) is 50.4 Å². The number of rotatable bonds is 8. The van der Waals surface area contributed by atoms with E-state index in [0.717, 1.165) is 4.90 Å². The number of carbonyl (C=O) groups is 4. The van der Waals surface area contributed by atoms with E-state index in [4.69, 9.17) is 14.2 Å². The fourth-order valence-corrected chi connectivity index (χ4v) is 5.57. The lowest BCUT2D eigenvalue weighted by molar-refractivity contribution is -0.152. The molecule has 2 aromatic carbocycles. The van der Waals surface area contributed by atoms with Crippen LogP contribution >= 0.6 is 0 Å². The van der Waals surface area contributed by atoms with E-state index in [1.807, 2.05) is 6.92 Å². The van der Waals surface area contributed by atoms with Crippen molar-refractivity contribution < 1.29 is 33.4 Å². The molecule has 2 aliphatic rings. The summed E-state index contributed by atoms with van der Waals surface area (Å²) in [4.78, 5) is 54.3. The summed E-state index contributed by atoms with van der Waals surface area (Å²) in [6, 6.07) is 10.8. The number of fused-ring (bicyclic) bond motifs is 1. The van der Waals surface area contributed by atoms with Gasteiger partial charge in [0.25, 0.3) is 0 Å². The standard InChI is InChI=1S/C27H30N2O7/c1-6-12-27(26(33)36-5)22-21(23(28-27)19-14-18(34-3)10-11-20(19)35-4)24(31)29(25(22)32)17-9-7-8-16(13-17)15(2)30/h7-11,13-14,21-23,28H,6,12H2,1-5H3/t21-,22+,23+,27-/m0/s1. The molecule has 2 saturated heterocycles. The number of ketones is 1. The zero-order valence-corrected chi connectivity index (χ0v) is 21.0. The van der Waals surface area contributed by atoms with Crippen LogP contribution in [0.25, 0.3) is 0 Å². The number of ether oxygens (including phenoxy) is 3. The summed E-state index contributed by atoms with van der Waals surface area (Å²) >= 11 is 0. The van der Waals surface area contributed by atoms with Gasteiger partial charge in [-0.25, -0.2) is 4.90 Å². The Morgan fingerprint density at radius 1 is 1.03 bits per heavy atom. The summed E-state index contributed by atoms with van der Waals surface area (Å²) in [6.45, 7) is 3.32. The van der Waals surface area contributed by atoms with Crippen molar-refractivity contribution in [1.29, 1.82) is 0 Å². The van der Waals surface area contributed by atoms with Gasteiger partial charge in [-0.1, -0.05) is 25.5 Å². The van der Waals surface area contributed by atoms with Crippen molar-refractivity contribution in [3.63, 3.8) is 0 Å². The molecular formula is C27H30N2O7. The van der Waals surface area contributed by atoms with E-state index >= 15 is 0 Å². The average Bonchev–Trinajstić information content (AvgIpc) is 3.37. The van der Waals surface area contributed by atoms with Crippen LogP contribution in [0.3, 0.4) is 0 Å². The third-order valence-electron chi connectivity index (χ3n) is 7.13. The molecule has 0 bridgehead atoms. The fourth-order valence-electron chi connectivity index (χ4n) is 5.57. The number of anilines is 1. The number of hydrogen-bond donors (Lipinski definition) is 1. The Kier molecular flexibility index (Phi) is 6.86. The predicted octanol–water partition coefficient (Wildman–Crippen LogP) is 3.07. The highest BCUT2D eigenvalue weighted by molar-refractivity contribution is 6.24. The minimum absolute atomic E-state index is 0.188. The minimum atomic E-state index is -1.42. The molecule has 0 aliphatic carbocycles. The van der Waals surface area contributed by atoms with E-state index in [2.05, 4.69) is 5.32 Å². The third-order valence-corrected chi connectivity index (χ3v) is 7.13. The molecule has 4 atom stereocenters. The van der Waals surface area contributed by atoms with Crippen LogP contribution in [0.15, 0.2) is 42.5 Å². The van der Waals surface area contributed by atoms with Gasteiger partial charge in [0.15, 0.2) is 5.78 Å². The zero-order valence-electron chi connectivity index (χ0n) is 21.0.